The van der Waals surface area contributed by atoms with E-state index in [2.05, 4.69) is 31.0 Å². The maximum Gasteiger partial charge on any atom is 0.315 e. The summed E-state index contributed by atoms with van der Waals surface area (Å²) in [4.78, 5) is 15.9. The molecule has 3 rings (SSSR count). The Labute approximate surface area is 143 Å². The number of rotatable bonds is 7. The van der Waals surface area contributed by atoms with Gasteiger partial charge >= 0.3 is 6.03 Å². The summed E-state index contributed by atoms with van der Waals surface area (Å²) in [7, 11) is 1.63. The highest BCUT2D eigenvalue weighted by atomic mass is 16.5. The number of methoxy groups -OCH3 is 1. The minimum absolute atomic E-state index is 0.259. The van der Waals surface area contributed by atoms with E-state index >= 15 is 0 Å². The molecule has 3 aromatic rings. The van der Waals surface area contributed by atoms with Crippen molar-refractivity contribution in [3.8, 4) is 11.5 Å². The molecule has 10 nitrogen and oxygen atoms in total. The monoisotopic (exact) mass is 345 g/mol. The summed E-state index contributed by atoms with van der Waals surface area (Å²) in [6, 6.07) is 3.37. The van der Waals surface area contributed by atoms with Crippen LogP contribution in [0.2, 0.25) is 0 Å². The largest absolute Gasteiger partial charge is 0.385 e. The van der Waals surface area contributed by atoms with Crippen molar-refractivity contribution in [2.75, 3.05) is 20.3 Å². The number of ether oxygens (including phenoxy) is 1. The molecular formula is C15H19N7O3. The fourth-order valence-electron chi connectivity index (χ4n) is 2.25. The summed E-state index contributed by atoms with van der Waals surface area (Å²) in [5, 5.41) is 17.5. The number of carbonyl (C=O) groups is 1. The van der Waals surface area contributed by atoms with Gasteiger partial charge in [0.15, 0.2) is 17.3 Å². The SMILES string of the molecule is COCCCNC(=O)NCc1nnc2cc(-c3nc(C)no3)ccn12. The minimum atomic E-state index is -0.259. The molecule has 0 fully saturated rings. The van der Waals surface area contributed by atoms with Crippen molar-refractivity contribution in [2.45, 2.75) is 19.9 Å². The summed E-state index contributed by atoms with van der Waals surface area (Å²) >= 11 is 0. The minimum Gasteiger partial charge on any atom is -0.385 e. The van der Waals surface area contributed by atoms with E-state index in [1.54, 1.807) is 30.7 Å². The van der Waals surface area contributed by atoms with Gasteiger partial charge in [-0.15, -0.1) is 10.2 Å². The zero-order valence-corrected chi connectivity index (χ0v) is 14.0. The molecule has 0 atom stereocenters. The van der Waals surface area contributed by atoms with E-state index in [4.69, 9.17) is 9.26 Å². The molecule has 0 radical (unpaired) electrons. The van der Waals surface area contributed by atoms with Gasteiger partial charge < -0.3 is 19.9 Å². The number of aromatic nitrogens is 5. The molecule has 3 heterocycles. The molecule has 0 unspecified atom stereocenters. The Hall–Kier alpha value is -3.01. The first-order valence-electron chi connectivity index (χ1n) is 7.82. The summed E-state index contributed by atoms with van der Waals surface area (Å²) in [5.41, 5.74) is 1.39. The number of fused-ring (bicyclic) bond motifs is 1. The maximum absolute atomic E-state index is 11.7. The van der Waals surface area contributed by atoms with Crippen LogP contribution in [0.4, 0.5) is 4.79 Å². The van der Waals surface area contributed by atoms with Gasteiger partial charge in [-0.3, -0.25) is 4.40 Å². The number of urea groups is 1. The van der Waals surface area contributed by atoms with Gasteiger partial charge in [0.1, 0.15) is 0 Å². The predicted octanol–water partition coefficient (Wildman–Crippen LogP) is 0.923. The molecule has 132 valence electrons. The number of pyridine rings is 1. The van der Waals surface area contributed by atoms with E-state index in [-0.39, 0.29) is 12.6 Å². The number of hydrogen-bond donors (Lipinski definition) is 2. The van der Waals surface area contributed by atoms with Crippen LogP contribution in [-0.4, -0.2) is 51.0 Å². The molecule has 3 aromatic heterocycles. The van der Waals surface area contributed by atoms with Crippen molar-refractivity contribution in [2.24, 2.45) is 0 Å². The lowest BCUT2D eigenvalue weighted by atomic mass is 10.2. The lowest BCUT2D eigenvalue weighted by Gasteiger charge is -2.06. The van der Waals surface area contributed by atoms with Crippen LogP contribution >= 0.6 is 0 Å². The molecule has 0 bridgehead atoms. The zero-order chi connectivity index (χ0) is 17.6. The highest BCUT2D eigenvalue weighted by molar-refractivity contribution is 5.73. The molecule has 0 aromatic carbocycles. The smallest absolute Gasteiger partial charge is 0.315 e. The lowest BCUT2D eigenvalue weighted by molar-refractivity contribution is 0.193. The van der Waals surface area contributed by atoms with E-state index in [1.165, 1.54) is 0 Å². The summed E-state index contributed by atoms with van der Waals surface area (Å²) in [6.45, 7) is 3.17. The van der Waals surface area contributed by atoms with Gasteiger partial charge in [-0.2, -0.15) is 4.98 Å². The Balaban J connectivity index is 1.62. The quantitative estimate of drug-likeness (QED) is 0.611. The highest BCUT2D eigenvalue weighted by Crippen LogP contribution is 2.18. The molecule has 0 aliphatic carbocycles. The van der Waals surface area contributed by atoms with Crippen LogP contribution in [0.15, 0.2) is 22.9 Å². The number of nitrogens with zero attached hydrogens (tertiary/aromatic N) is 5. The molecule has 0 spiro atoms. The summed E-state index contributed by atoms with van der Waals surface area (Å²) < 4.78 is 11.9. The van der Waals surface area contributed by atoms with Gasteiger partial charge in [0.2, 0.25) is 0 Å². The number of carbonyl (C=O) groups excluding carboxylic acids is 1. The van der Waals surface area contributed by atoms with Gasteiger partial charge in [0.05, 0.1) is 6.54 Å². The maximum atomic E-state index is 11.7. The number of aryl methyl sites for hydroxylation is 1. The van der Waals surface area contributed by atoms with Gasteiger partial charge in [0, 0.05) is 32.0 Å². The second-order valence-corrected chi connectivity index (χ2v) is 5.36. The Morgan fingerprint density at radius 3 is 3.00 bits per heavy atom. The van der Waals surface area contributed by atoms with Crippen molar-refractivity contribution >= 4 is 11.7 Å². The molecule has 10 heteroatoms. The second-order valence-electron chi connectivity index (χ2n) is 5.36. The molecule has 0 saturated heterocycles. The average Bonchev–Trinajstić information content (AvgIpc) is 3.22. The third-order valence-corrected chi connectivity index (χ3v) is 3.47. The van der Waals surface area contributed by atoms with Crippen molar-refractivity contribution in [3.05, 3.63) is 30.0 Å². The second kappa shape index (κ2) is 7.71. The Bertz CT molecular complexity index is 858. The number of hydrogen-bond acceptors (Lipinski definition) is 7. The Morgan fingerprint density at radius 1 is 1.36 bits per heavy atom. The standard InChI is InChI=1S/C15H19N7O3/c1-10-18-14(25-21-10)11-4-6-22-12(8-11)19-20-13(22)9-17-15(23)16-5-3-7-24-2/h4,6,8H,3,5,7,9H2,1-2H3,(H2,16,17,23). The van der Waals surface area contributed by atoms with Gasteiger partial charge in [-0.05, 0) is 25.5 Å². The van der Waals surface area contributed by atoms with E-state index in [1.807, 2.05) is 6.07 Å². The van der Waals surface area contributed by atoms with Crippen LogP contribution in [0.25, 0.3) is 17.1 Å². The zero-order valence-electron chi connectivity index (χ0n) is 14.0. The van der Waals surface area contributed by atoms with Crippen LogP contribution in [0.1, 0.15) is 18.1 Å². The van der Waals surface area contributed by atoms with Crippen LogP contribution < -0.4 is 10.6 Å². The van der Waals surface area contributed by atoms with Crippen molar-refractivity contribution < 1.29 is 14.1 Å². The molecule has 0 aliphatic rings. The van der Waals surface area contributed by atoms with E-state index in [0.717, 1.165) is 12.0 Å². The van der Waals surface area contributed by atoms with Crippen molar-refractivity contribution in [1.82, 2.24) is 35.4 Å². The Kier molecular flexibility index (Phi) is 5.19. The summed E-state index contributed by atoms with van der Waals surface area (Å²) in [6.07, 6.45) is 2.56. The third-order valence-electron chi connectivity index (χ3n) is 3.47. The molecule has 25 heavy (non-hydrogen) atoms. The van der Waals surface area contributed by atoms with Crippen LogP contribution in [0.5, 0.6) is 0 Å². The van der Waals surface area contributed by atoms with Gasteiger partial charge in [-0.1, -0.05) is 5.16 Å². The first-order chi connectivity index (χ1) is 12.2. The third kappa shape index (κ3) is 4.10. The topological polar surface area (TPSA) is 119 Å². The van der Waals surface area contributed by atoms with E-state index in [0.29, 0.717) is 36.3 Å². The van der Waals surface area contributed by atoms with Gasteiger partial charge in [0.25, 0.3) is 5.89 Å². The predicted molar refractivity (Wildman–Crippen MR) is 87.7 cm³/mol. The van der Waals surface area contributed by atoms with E-state index in [9.17, 15) is 4.79 Å². The fourth-order valence-corrected chi connectivity index (χ4v) is 2.25. The normalized spacial score (nSPS) is 11.0. The van der Waals surface area contributed by atoms with Crippen molar-refractivity contribution in [1.29, 1.82) is 0 Å². The summed E-state index contributed by atoms with van der Waals surface area (Å²) in [5.74, 6) is 1.62. The lowest BCUT2D eigenvalue weighted by Crippen LogP contribution is -2.36. The van der Waals surface area contributed by atoms with E-state index < -0.39 is 0 Å². The molecule has 0 aliphatic heterocycles. The fraction of sp³-hybridized carbons (Fsp3) is 0.400. The molecule has 0 saturated carbocycles. The molecule has 2 amide bonds. The number of amides is 2. The first kappa shape index (κ1) is 16.8. The van der Waals surface area contributed by atoms with Crippen molar-refractivity contribution in [3.63, 3.8) is 0 Å². The van der Waals surface area contributed by atoms with Crippen LogP contribution in [0, 0.1) is 6.92 Å². The Morgan fingerprint density at radius 2 is 2.24 bits per heavy atom. The number of nitrogens with one attached hydrogen (secondary N) is 2. The molecule has 2 N–H and O–H groups in total. The first-order valence-corrected chi connectivity index (χ1v) is 7.82. The van der Waals surface area contributed by atoms with Gasteiger partial charge in [-0.25, -0.2) is 4.79 Å². The average molecular weight is 345 g/mol. The van der Waals surface area contributed by atoms with Crippen LogP contribution in [0.3, 0.4) is 0 Å². The van der Waals surface area contributed by atoms with Crippen LogP contribution in [-0.2, 0) is 11.3 Å². The molecular weight excluding hydrogens is 326 g/mol. The highest BCUT2D eigenvalue weighted by Gasteiger charge is 2.11.